The smallest absolute Gasteiger partial charge is 0.261 e. The van der Waals surface area contributed by atoms with Crippen LogP contribution in [0, 0.1) is 0 Å². The molecule has 2 aromatic carbocycles. The Labute approximate surface area is 173 Å². The quantitative estimate of drug-likeness (QED) is 0.571. The van der Waals surface area contributed by atoms with E-state index in [2.05, 4.69) is 21.1 Å². The maximum absolute atomic E-state index is 12.7. The molecule has 0 aliphatic carbocycles. The van der Waals surface area contributed by atoms with Crippen LogP contribution in [0.4, 0.5) is 5.69 Å². The number of nitrogens with zero attached hydrogens (tertiary/aromatic N) is 4. The summed E-state index contributed by atoms with van der Waals surface area (Å²) >= 11 is 0. The number of carbonyl (C=O) groups is 1. The van der Waals surface area contributed by atoms with Crippen molar-refractivity contribution in [2.45, 2.75) is 32.4 Å². The van der Waals surface area contributed by atoms with Gasteiger partial charge in [-0.3, -0.25) is 14.2 Å². The Hall–Kier alpha value is -3.74. The molecule has 1 aliphatic rings. The minimum Gasteiger partial charge on any atom is -0.334 e. The first kappa shape index (κ1) is 18.3. The second-order valence-corrected chi connectivity index (χ2v) is 7.48. The molecule has 150 valence electrons. The molecule has 4 aromatic rings. The monoisotopic (exact) mass is 399 g/mol. The number of nitrogens with one attached hydrogen (secondary N) is 1. The van der Waals surface area contributed by atoms with Crippen molar-refractivity contribution in [2.24, 2.45) is 0 Å². The molecule has 0 bridgehead atoms. The van der Waals surface area contributed by atoms with Crippen LogP contribution in [0.5, 0.6) is 0 Å². The molecule has 1 aliphatic heterocycles. The molecule has 30 heavy (non-hydrogen) atoms. The summed E-state index contributed by atoms with van der Waals surface area (Å²) in [4.78, 5) is 34.4. The number of rotatable bonds is 4. The number of hydrogen-bond acceptors (Lipinski definition) is 4. The normalized spacial score (nSPS) is 13.2. The van der Waals surface area contributed by atoms with Crippen molar-refractivity contribution >= 4 is 22.5 Å². The van der Waals surface area contributed by atoms with E-state index >= 15 is 0 Å². The highest BCUT2D eigenvalue weighted by atomic mass is 16.2. The number of fused-ring (bicyclic) bond motifs is 2. The van der Waals surface area contributed by atoms with Crippen LogP contribution in [0.25, 0.3) is 22.2 Å². The second kappa shape index (κ2) is 7.59. The summed E-state index contributed by atoms with van der Waals surface area (Å²) in [5.41, 5.74) is 2.79. The molecule has 0 saturated heterocycles. The van der Waals surface area contributed by atoms with E-state index in [-0.39, 0.29) is 18.0 Å². The Kier molecular flexibility index (Phi) is 4.63. The van der Waals surface area contributed by atoms with Gasteiger partial charge in [0.1, 0.15) is 12.4 Å². The predicted octanol–water partition coefficient (Wildman–Crippen LogP) is 3.24. The van der Waals surface area contributed by atoms with Crippen molar-refractivity contribution in [1.82, 2.24) is 19.1 Å². The molecular weight excluding hydrogens is 378 g/mol. The Bertz CT molecular complexity index is 1280. The van der Waals surface area contributed by atoms with Gasteiger partial charge in [0.25, 0.3) is 5.56 Å². The third-order valence-electron chi connectivity index (χ3n) is 5.43. The molecule has 2 aromatic heterocycles. The van der Waals surface area contributed by atoms with Crippen molar-refractivity contribution in [3.8, 4) is 11.3 Å². The van der Waals surface area contributed by atoms with Crippen LogP contribution in [0.3, 0.4) is 0 Å². The Morgan fingerprint density at radius 3 is 2.80 bits per heavy atom. The van der Waals surface area contributed by atoms with Crippen molar-refractivity contribution in [2.75, 3.05) is 5.32 Å². The molecule has 0 radical (unpaired) electrons. The number of carbonyl (C=O) groups excluding carboxylic acids is 1. The Morgan fingerprint density at radius 2 is 1.90 bits per heavy atom. The fourth-order valence-corrected chi connectivity index (χ4v) is 3.92. The van der Waals surface area contributed by atoms with Gasteiger partial charge in [0.15, 0.2) is 0 Å². The van der Waals surface area contributed by atoms with Gasteiger partial charge in [-0.25, -0.2) is 9.97 Å². The average Bonchev–Trinajstić information content (AvgIpc) is 3.20. The van der Waals surface area contributed by atoms with Crippen molar-refractivity contribution in [3.05, 3.63) is 77.2 Å². The van der Waals surface area contributed by atoms with E-state index in [9.17, 15) is 9.59 Å². The number of aryl methyl sites for hydroxylation is 2. The Balaban J connectivity index is 1.40. The zero-order valence-electron chi connectivity index (χ0n) is 16.4. The van der Waals surface area contributed by atoms with E-state index in [1.54, 1.807) is 18.2 Å². The lowest BCUT2D eigenvalue weighted by Gasteiger charge is -2.11. The van der Waals surface area contributed by atoms with Gasteiger partial charge >= 0.3 is 0 Å². The molecule has 1 N–H and O–H groups in total. The molecule has 0 atom stereocenters. The summed E-state index contributed by atoms with van der Waals surface area (Å²) in [6.45, 7) is 0.874. The average molecular weight is 399 g/mol. The summed E-state index contributed by atoms with van der Waals surface area (Å²) < 4.78 is 3.52. The van der Waals surface area contributed by atoms with Crippen LogP contribution in [0.1, 0.15) is 18.7 Å². The van der Waals surface area contributed by atoms with Crippen LogP contribution < -0.4 is 10.9 Å². The van der Waals surface area contributed by atoms with E-state index in [1.165, 1.54) is 10.9 Å². The predicted molar refractivity (Wildman–Crippen MR) is 115 cm³/mol. The van der Waals surface area contributed by atoms with Gasteiger partial charge in [0.05, 0.1) is 28.6 Å². The fourth-order valence-electron chi connectivity index (χ4n) is 3.92. The lowest BCUT2D eigenvalue weighted by Crippen LogP contribution is -2.28. The van der Waals surface area contributed by atoms with Gasteiger partial charge in [0.2, 0.25) is 5.91 Å². The number of aromatic nitrogens is 4. The van der Waals surface area contributed by atoms with Gasteiger partial charge in [-0.05, 0) is 31.0 Å². The minimum atomic E-state index is -0.286. The molecule has 7 nitrogen and oxygen atoms in total. The lowest BCUT2D eigenvalue weighted by atomic mass is 10.1. The summed E-state index contributed by atoms with van der Waals surface area (Å²) in [6, 6.07) is 14.7. The Morgan fingerprint density at radius 1 is 1.07 bits per heavy atom. The minimum absolute atomic E-state index is 0.106. The molecule has 0 spiro atoms. The zero-order chi connectivity index (χ0) is 20.5. The van der Waals surface area contributed by atoms with Gasteiger partial charge in [-0.15, -0.1) is 0 Å². The topological polar surface area (TPSA) is 81.8 Å². The number of benzene rings is 2. The highest BCUT2D eigenvalue weighted by molar-refractivity contribution is 5.95. The first-order valence-corrected chi connectivity index (χ1v) is 10.1. The fraction of sp³-hybridized carbons (Fsp3) is 0.217. The van der Waals surface area contributed by atoms with Crippen LogP contribution in [-0.2, 0) is 24.3 Å². The maximum Gasteiger partial charge on any atom is 0.261 e. The summed E-state index contributed by atoms with van der Waals surface area (Å²) in [6.07, 6.45) is 6.77. The first-order valence-electron chi connectivity index (χ1n) is 10.1. The van der Waals surface area contributed by atoms with Crippen LogP contribution >= 0.6 is 0 Å². The molecule has 1 amide bonds. The SMILES string of the molecule is O=C(Cn1cnc2ccccc2c1=O)Nc1ccccc1-c1cn2c(n1)CCCC2. The molecule has 0 unspecified atom stereocenters. The summed E-state index contributed by atoms with van der Waals surface area (Å²) in [5.74, 6) is 0.803. The van der Waals surface area contributed by atoms with E-state index in [4.69, 9.17) is 4.98 Å². The second-order valence-electron chi connectivity index (χ2n) is 7.48. The lowest BCUT2D eigenvalue weighted by molar-refractivity contribution is -0.116. The van der Waals surface area contributed by atoms with Crippen LogP contribution in [0.15, 0.2) is 65.8 Å². The van der Waals surface area contributed by atoms with Gasteiger partial charge in [-0.2, -0.15) is 0 Å². The molecule has 0 saturated carbocycles. The third-order valence-corrected chi connectivity index (χ3v) is 5.43. The molecule has 3 heterocycles. The van der Waals surface area contributed by atoms with Gasteiger partial charge < -0.3 is 9.88 Å². The van der Waals surface area contributed by atoms with E-state index < -0.39 is 0 Å². The van der Waals surface area contributed by atoms with Crippen LogP contribution in [-0.4, -0.2) is 25.0 Å². The van der Waals surface area contributed by atoms with E-state index in [1.807, 2.05) is 30.3 Å². The van der Waals surface area contributed by atoms with E-state index in [0.29, 0.717) is 16.6 Å². The molecular formula is C23H21N5O2. The highest BCUT2D eigenvalue weighted by Crippen LogP contribution is 2.28. The summed E-state index contributed by atoms with van der Waals surface area (Å²) in [5, 5.41) is 3.43. The standard InChI is InChI=1S/C23H21N5O2/c29-22(14-28-15-24-18-9-3-2-8-17(18)23(28)30)26-19-10-4-1-7-16(19)20-13-27-12-6-5-11-21(27)25-20/h1-4,7-10,13,15H,5-6,11-12,14H2,(H,26,29). The number of imidazole rings is 1. The van der Waals surface area contributed by atoms with Crippen LogP contribution in [0.2, 0.25) is 0 Å². The molecule has 0 fully saturated rings. The third kappa shape index (κ3) is 3.39. The van der Waals surface area contributed by atoms with Crippen molar-refractivity contribution < 1.29 is 4.79 Å². The van der Waals surface area contributed by atoms with Crippen molar-refractivity contribution in [3.63, 3.8) is 0 Å². The number of hydrogen-bond donors (Lipinski definition) is 1. The molecule has 7 heteroatoms. The van der Waals surface area contributed by atoms with E-state index in [0.717, 1.165) is 42.9 Å². The molecule has 5 rings (SSSR count). The van der Waals surface area contributed by atoms with Gasteiger partial charge in [0, 0.05) is 24.7 Å². The van der Waals surface area contributed by atoms with Crippen molar-refractivity contribution in [1.29, 1.82) is 0 Å². The summed E-state index contributed by atoms with van der Waals surface area (Å²) in [7, 11) is 0. The maximum atomic E-state index is 12.7. The highest BCUT2D eigenvalue weighted by Gasteiger charge is 2.16. The van der Waals surface area contributed by atoms with Gasteiger partial charge in [-0.1, -0.05) is 30.3 Å². The number of amides is 1. The first-order chi connectivity index (χ1) is 14.7. The number of anilines is 1. The zero-order valence-corrected chi connectivity index (χ0v) is 16.4. The number of para-hydroxylation sites is 2. The largest absolute Gasteiger partial charge is 0.334 e.